The lowest BCUT2D eigenvalue weighted by Crippen LogP contribution is -2.40. The molecule has 0 saturated carbocycles. The topological polar surface area (TPSA) is 132 Å². The third-order valence-corrected chi connectivity index (χ3v) is 1.75. The molecule has 0 aliphatic carbocycles. The summed E-state index contributed by atoms with van der Waals surface area (Å²) in [4.78, 5) is 21.6. The number of carbonyl (C=O) groups is 2. The minimum atomic E-state index is -1.08. The van der Waals surface area contributed by atoms with E-state index < -0.39 is 17.9 Å². The number of nitrogens with two attached hydrogens (primary N) is 3. The summed E-state index contributed by atoms with van der Waals surface area (Å²) in [5.41, 5.74) is 15.6. The summed E-state index contributed by atoms with van der Waals surface area (Å²) in [5.74, 6) is -2.30. The van der Waals surface area contributed by atoms with Crippen LogP contribution in [0.1, 0.15) is 6.42 Å². The lowest BCUT2D eigenvalue weighted by molar-refractivity contribution is -0.143. The average molecular weight is 189 g/mol. The molecule has 0 bridgehead atoms. The van der Waals surface area contributed by atoms with E-state index in [1.54, 1.807) is 0 Å². The fourth-order valence-corrected chi connectivity index (χ4v) is 0.797. The standard InChI is InChI=1S/C7H15N3O3/c8-2-4(7(12)13)1-6(11)5(10)3-9/h4-5H,1-3,8-10H2,(H,12,13)/t4-,5+/m1/s1. The fourth-order valence-electron chi connectivity index (χ4n) is 0.797. The molecular formula is C7H15N3O3. The first-order chi connectivity index (χ1) is 6.02. The van der Waals surface area contributed by atoms with Gasteiger partial charge in [-0.25, -0.2) is 0 Å². The molecule has 0 aromatic rings. The third-order valence-electron chi connectivity index (χ3n) is 1.75. The van der Waals surface area contributed by atoms with E-state index in [2.05, 4.69) is 0 Å². The molecule has 0 amide bonds. The molecule has 0 aromatic carbocycles. The first kappa shape index (κ1) is 12.0. The summed E-state index contributed by atoms with van der Waals surface area (Å²) in [6.07, 6.45) is -0.149. The maximum Gasteiger partial charge on any atom is 0.308 e. The van der Waals surface area contributed by atoms with Gasteiger partial charge in [-0.05, 0) is 0 Å². The van der Waals surface area contributed by atoms with Crippen LogP contribution >= 0.6 is 0 Å². The van der Waals surface area contributed by atoms with Gasteiger partial charge in [-0.2, -0.15) is 0 Å². The lowest BCUT2D eigenvalue weighted by atomic mass is 9.99. The van der Waals surface area contributed by atoms with E-state index in [4.69, 9.17) is 22.3 Å². The zero-order chi connectivity index (χ0) is 10.4. The Morgan fingerprint density at radius 2 is 1.77 bits per heavy atom. The molecule has 0 fully saturated rings. The van der Waals surface area contributed by atoms with Gasteiger partial charge in [0.1, 0.15) is 0 Å². The van der Waals surface area contributed by atoms with Crippen LogP contribution in [0.2, 0.25) is 0 Å². The molecule has 7 N–H and O–H groups in total. The van der Waals surface area contributed by atoms with Crippen molar-refractivity contribution in [2.45, 2.75) is 12.5 Å². The van der Waals surface area contributed by atoms with E-state index in [-0.39, 0.29) is 25.3 Å². The maximum atomic E-state index is 11.1. The Bertz CT molecular complexity index is 195. The molecule has 0 aliphatic rings. The van der Waals surface area contributed by atoms with Crippen molar-refractivity contribution in [1.82, 2.24) is 0 Å². The third kappa shape index (κ3) is 3.97. The van der Waals surface area contributed by atoms with Crippen molar-refractivity contribution in [3.05, 3.63) is 0 Å². The largest absolute Gasteiger partial charge is 0.481 e. The molecule has 0 spiro atoms. The zero-order valence-electron chi connectivity index (χ0n) is 7.27. The number of aliphatic carboxylic acids is 1. The summed E-state index contributed by atoms with van der Waals surface area (Å²) in [6, 6.07) is -0.784. The maximum absolute atomic E-state index is 11.1. The van der Waals surface area contributed by atoms with Gasteiger partial charge in [0.2, 0.25) is 0 Å². The number of hydrogen-bond donors (Lipinski definition) is 4. The van der Waals surface area contributed by atoms with Crippen molar-refractivity contribution >= 4 is 11.8 Å². The molecule has 2 atom stereocenters. The molecule has 13 heavy (non-hydrogen) atoms. The van der Waals surface area contributed by atoms with Crippen molar-refractivity contribution in [2.75, 3.05) is 13.1 Å². The predicted octanol–water partition coefficient (Wildman–Crippen LogP) is -2.11. The number of rotatable bonds is 6. The smallest absolute Gasteiger partial charge is 0.308 e. The van der Waals surface area contributed by atoms with Crippen LogP contribution in [-0.4, -0.2) is 36.0 Å². The monoisotopic (exact) mass is 189 g/mol. The van der Waals surface area contributed by atoms with Crippen LogP contribution in [0, 0.1) is 5.92 Å². The van der Waals surface area contributed by atoms with Crippen LogP contribution in [0.25, 0.3) is 0 Å². The number of carbonyl (C=O) groups excluding carboxylic acids is 1. The van der Waals surface area contributed by atoms with E-state index >= 15 is 0 Å². The first-order valence-corrected chi connectivity index (χ1v) is 3.94. The van der Waals surface area contributed by atoms with Crippen molar-refractivity contribution in [2.24, 2.45) is 23.1 Å². The summed E-state index contributed by atoms with van der Waals surface area (Å²) in [6.45, 7) is -0.0475. The Morgan fingerprint density at radius 3 is 2.08 bits per heavy atom. The summed E-state index contributed by atoms with van der Waals surface area (Å²) >= 11 is 0. The second kappa shape index (κ2) is 5.63. The molecule has 6 nitrogen and oxygen atoms in total. The van der Waals surface area contributed by atoms with Crippen LogP contribution in [0.3, 0.4) is 0 Å². The van der Waals surface area contributed by atoms with Gasteiger partial charge in [0.15, 0.2) is 5.78 Å². The number of Topliss-reactive ketones (excluding diaryl/α,β-unsaturated/α-hetero) is 1. The van der Waals surface area contributed by atoms with Gasteiger partial charge in [0.05, 0.1) is 12.0 Å². The number of carboxylic acids is 1. The van der Waals surface area contributed by atoms with Crippen LogP contribution < -0.4 is 17.2 Å². The molecule has 0 aliphatic heterocycles. The molecule has 0 radical (unpaired) electrons. The zero-order valence-corrected chi connectivity index (χ0v) is 7.27. The van der Waals surface area contributed by atoms with Gasteiger partial charge < -0.3 is 22.3 Å². The second-order valence-electron chi connectivity index (χ2n) is 2.78. The number of hydrogen-bond acceptors (Lipinski definition) is 5. The van der Waals surface area contributed by atoms with Gasteiger partial charge in [0, 0.05) is 19.5 Å². The lowest BCUT2D eigenvalue weighted by Gasteiger charge is -2.11. The Kier molecular flexibility index (Phi) is 5.20. The van der Waals surface area contributed by atoms with Crippen molar-refractivity contribution in [1.29, 1.82) is 0 Å². The van der Waals surface area contributed by atoms with Gasteiger partial charge in [-0.15, -0.1) is 0 Å². The molecule has 0 heterocycles. The van der Waals surface area contributed by atoms with Gasteiger partial charge in [-0.3, -0.25) is 9.59 Å². The average Bonchev–Trinajstić information content (AvgIpc) is 2.11. The summed E-state index contributed by atoms with van der Waals surface area (Å²) in [7, 11) is 0. The minimum Gasteiger partial charge on any atom is -0.481 e. The van der Waals surface area contributed by atoms with Crippen LogP contribution in [0.4, 0.5) is 0 Å². The predicted molar refractivity (Wildman–Crippen MR) is 46.8 cm³/mol. The van der Waals surface area contributed by atoms with Crippen molar-refractivity contribution in [3.8, 4) is 0 Å². The molecule has 0 rings (SSSR count). The second-order valence-corrected chi connectivity index (χ2v) is 2.78. The Morgan fingerprint density at radius 1 is 1.23 bits per heavy atom. The minimum absolute atomic E-state index is 0.0236. The van der Waals surface area contributed by atoms with Crippen molar-refractivity contribution in [3.63, 3.8) is 0 Å². The van der Waals surface area contributed by atoms with Crippen LogP contribution in [-0.2, 0) is 9.59 Å². The van der Waals surface area contributed by atoms with E-state index in [0.29, 0.717) is 0 Å². The Labute approximate surface area is 76.1 Å². The number of carboxylic acid groups (broad SMARTS) is 1. The molecular weight excluding hydrogens is 174 g/mol. The van der Waals surface area contributed by atoms with E-state index in [1.165, 1.54) is 0 Å². The quantitative estimate of drug-likeness (QED) is 0.378. The van der Waals surface area contributed by atoms with Gasteiger partial charge in [0.25, 0.3) is 0 Å². The first-order valence-electron chi connectivity index (χ1n) is 3.94. The van der Waals surface area contributed by atoms with Crippen LogP contribution in [0.15, 0.2) is 0 Å². The Hall–Kier alpha value is -0.980. The highest BCUT2D eigenvalue weighted by molar-refractivity contribution is 5.87. The summed E-state index contributed by atoms with van der Waals surface area (Å²) < 4.78 is 0. The highest BCUT2D eigenvalue weighted by Crippen LogP contribution is 2.03. The molecule has 0 saturated heterocycles. The Balaban J connectivity index is 4.09. The SMILES string of the molecule is NC[C@@H](CC(=O)[C@@H](N)CN)C(=O)O. The van der Waals surface area contributed by atoms with E-state index in [9.17, 15) is 9.59 Å². The van der Waals surface area contributed by atoms with Gasteiger partial charge >= 0.3 is 5.97 Å². The number of ketones is 1. The normalized spacial score (nSPS) is 15.0. The molecule has 0 aromatic heterocycles. The summed E-state index contributed by atoms with van der Waals surface area (Å²) in [5, 5.41) is 8.57. The molecule has 6 heteroatoms. The fraction of sp³-hybridized carbons (Fsp3) is 0.714. The van der Waals surface area contributed by atoms with Gasteiger partial charge in [-0.1, -0.05) is 0 Å². The molecule has 76 valence electrons. The van der Waals surface area contributed by atoms with Crippen LogP contribution in [0.5, 0.6) is 0 Å². The van der Waals surface area contributed by atoms with Crippen molar-refractivity contribution < 1.29 is 14.7 Å². The van der Waals surface area contributed by atoms with E-state index in [1.807, 2.05) is 0 Å². The van der Waals surface area contributed by atoms with E-state index in [0.717, 1.165) is 0 Å². The molecule has 0 unspecified atom stereocenters. The highest BCUT2D eigenvalue weighted by Gasteiger charge is 2.22. The highest BCUT2D eigenvalue weighted by atomic mass is 16.4.